The Morgan fingerprint density at radius 1 is 1.09 bits per heavy atom. The molecule has 0 aliphatic heterocycles. The quantitative estimate of drug-likeness (QED) is 0.881. The SMILES string of the molecule is NCCCC(=O)N(Cc1cccc2ccccc12)C1CCCC1. The highest BCUT2D eigenvalue weighted by Gasteiger charge is 2.26. The van der Waals surface area contributed by atoms with E-state index in [2.05, 4.69) is 47.4 Å². The van der Waals surface area contributed by atoms with Crippen LogP contribution in [0.5, 0.6) is 0 Å². The first kappa shape index (κ1) is 16.0. The van der Waals surface area contributed by atoms with Crippen LogP contribution in [0.1, 0.15) is 44.1 Å². The molecular formula is C20H26N2O. The van der Waals surface area contributed by atoms with Crippen LogP contribution in [0, 0.1) is 0 Å². The van der Waals surface area contributed by atoms with Gasteiger partial charge in [-0.15, -0.1) is 0 Å². The van der Waals surface area contributed by atoms with Gasteiger partial charge in [-0.2, -0.15) is 0 Å². The molecule has 0 aromatic heterocycles. The Kier molecular flexibility index (Phi) is 5.29. The van der Waals surface area contributed by atoms with E-state index in [4.69, 9.17) is 5.73 Å². The second-order valence-electron chi connectivity index (χ2n) is 6.49. The summed E-state index contributed by atoms with van der Waals surface area (Å²) < 4.78 is 0. The number of hydrogen-bond donors (Lipinski definition) is 1. The molecule has 2 aromatic carbocycles. The van der Waals surface area contributed by atoms with Gasteiger partial charge < -0.3 is 10.6 Å². The van der Waals surface area contributed by atoms with Crippen molar-refractivity contribution in [3.8, 4) is 0 Å². The van der Waals surface area contributed by atoms with Gasteiger partial charge in [0.25, 0.3) is 0 Å². The predicted molar refractivity (Wildman–Crippen MR) is 95.0 cm³/mol. The number of rotatable bonds is 6. The zero-order chi connectivity index (χ0) is 16.1. The number of fused-ring (bicyclic) bond motifs is 1. The number of benzene rings is 2. The number of nitrogens with zero attached hydrogens (tertiary/aromatic N) is 1. The van der Waals surface area contributed by atoms with Crippen molar-refractivity contribution >= 4 is 16.7 Å². The van der Waals surface area contributed by atoms with Gasteiger partial charge in [0.2, 0.25) is 5.91 Å². The van der Waals surface area contributed by atoms with Gasteiger partial charge in [0.15, 0.2) is 0 Å². The summed E-state index contributed by atoms with van der Waals surface area (Å²) in [5.41, 5.74) is 6.83. The van der Waals surface area contributed by atoms with Crippen molar-refractivity contribution in [3.05, 3.63) is 48.0 Å². The van der Waals surface area contributed by atoms with Crippen LogP contribution < -0.4 is 5.73 Å². The minimum absolute atomic E-state index is 0.260. The first-order valence-corrected chi connectivity index (χ1v) is 8.76. The highest BCUT2D eigenvalue weighted by molar-refractivity contribution is 5.86. The van der Waals surface area contributed by atoms with Crippen LogP contribution in [-0.4, -0.2) is 23.4 Å². The van der Waals surface area contributed by atoms with E-state index in [1.165, 1.54) is 29.2 Å². The maximum atomic E-state index is 12.7. The zero-order valence-corrected chi connectivity index (χ0v) is 13.7. The minimum Gasteiger partial charge on any atom is -0.335 e. The van der Waals surface area contributed by atoms with E-state index in [9.17, 15) is 4.79 Å². The molecule has 1 fully saturated rings. The lowest BCUT2D eigenvalue weighted by molar-refractivity contribution is -0.134. The zero-order valence-electron chi connectivity index (χ0n) is 13.7. The molecule has 0 radical (unpaired) electrons. The lowest BCUT2D eigenvalue weighted by atomic mass is 10.0. The Morgan fingerprint density at radius 3 is 2.61 bits per heavy atom. The van der Waals surface area contributed by atoms with E-state index in [0.29, 0.717) is 19.0 Å². The van der Waals surface area contributed by atoms with Crippen LogP contribution >= 0.6 is 0 Å². The maximum absolute atomic E-state index is 12.7. The molecule has 0 saturated heterocycles. The van der Waals surface area contributed by atoms with Crippen molar-refractivity contribution in [2.45, 2.75) is 51.1 Å². The molecule has 2 aromatic rings. The fourth-order valence-electron chi connectivity index (χ4n) is 3.65. The summed E-state index contributed by atoms with van der Waals surface area (Å²) in [6.45, 7) is 1.30. The molecule has 2 N–H and O–H groups in total. The van der Waals surface area contributed by atoms with E-state index in [1.54, 1.807) is 0 Å². The van der Waals surface area contributed by atoms with Gasteiger partial charge in [0.05, 0.1) is 0 Å². The molecule has 3 rings (SSSR count). The normalized spacial score (nSPS) is 15.2. The van der Waals surface area contributed by atoms with Crippen molar-refractivity contribution < 1.29 is 4.79 Å². The lowest BCUT2D eigenvalue weighted by Crippen LogP contribution is -2.38. The Morgan fingerprint density at radius 2 is 1.83 bits per heavy atom. The monoisotopic (exact) mass is 310 g/mol. The van der Waals surface area contributed by atoms with E-state index < -0.39 is 0 Å². The molecule has 3 nitrogen and oxygen atoms in total. The summed E-state index contributed by atoms with van der Waals surface area (Å²) in [7, 11) is 0. The van der Waals surface area contributed by atoms with Gasteiger partial charge in [0, 0.05) is 19.0 Å². The molecule has 1 amide bonds. The Labute approximate surface area is 138 Å². The summed E-state index contributed by atoms with van der Waals surface area (Å²) in [5.74, 6) is 0.260. The molecule has 1 saturated carbocycles. The largest absolute Gasteiger partial charge is 0.335 e. The first-order chi connectivity index (χ1) is 11.3. The van der Waals surface area contributed by atoms with E-state index in [1.807, 2.05) is 0 Å². The van der Waals surface area contributed by atoms with Crippen molar-refractivity contribution in [1.82, 2.24) is 4.90 Å². The van der Waals surface area contributed by atoms with Gasteiger partial charge in [-0.3, -0.25) is 4.79 Å². The topological polar surface area (TPSA) is 46.3 Å². The van der Waals surface area contributed by atoms with Crippen LogP contribution in [0.25, 0.3) is 10.8 Å². The number of carbonyl (C=O) groups excluding carboxylic acids is 1. The lowest BCUT2D eigenvalue weighted by Gasteiger charge is -2.30. The third kappa shape index (κ3) is 3.73. The van der Waals surface area contributed by atoms with Gasteiger partial charge >= 0.3 is 0 Å². The van der Waals surface area contributed by atoms with Crippen LogP contribution in [0.15, 0.2) is 42.5 Å². The molecule has 0 atom stereocenters. The molecule has 23 heavy (non-hydrogen) atoms. The molecule has 0 unspecified atom stereocenters. The summed E-state index contributed by atoms with van der Waals surface area (Å²) in [6, 6.07) is 15.2. The van der Waals surface area contributed by atoms with Gasteiger partial charge in [0.1, 0.15) is 0 Å². The Balaban J connectivity index is 1.85. The van der Waals surface area contributed by atoms with E-state index in [0.717, 1.165) is 25.8 Å². The van der Waals surface area contributed by atoms with Gasteiger partial charge in [-0.1, -0.05) is 55.3 Å². The van der Waals surface area contributed by atoms with Crippen molar-refractivity contribution in [2.24, 2.45) is 5.73 Å². The fraction of sp³-hybridized carbons (Fsp3) is 0.450. The predicted octanol–water partition coefficient (Wildman–Crippen LogP) is 3.85. The van der Waals surface area contributed by atoms with Crippen LogP contribution in [0.4, 0.5) is 0 Å². The van der Waals surface area contributed by atoms with Gasteiger partial charge in [-0.25, -0.2) is 0 Å². The third-order valence-corrected chi connectivity index (χ3v) is 4.90. The molecule has 0 bridgehead atoms. The summed E-state index contributed by atoms with van der Waals surface area (Å²) in [5, 5.41) is 2.50. The molecule has 122 valence electrons. The Bertz CT molecular complexity index is 656. The molecule has 1 aliphatic rings. The average Bonchev–Trinajstić information content (AvgIpc) is 3.12. The standard InChI is InChI=1S/C20H26N2O/c21-14-6-13-20(23)22(18-10-2-3-11-18)15-17-9-5-8-16-7-1-4-12-19(16)17/h1,4-5,7-9,12,18H,2-3,6,10-11,13-15,21H2. The number of nitrogens with two attached hydrogens (primary N) is 1. The smallest absolute Gasteiger partial charge is 0.223 e. The second kappa shape index (κ2) is 7.60. The van der Waals surface area contributed by atoms with Crippen LogP contribution in [0.2, 0.25) is 0 Å². The highest BCUT2D eigenvalue weighted by Crippen LogP contribution is 2.28. The van der Waals surface area contributed by atoms with E-state index >= 15 is 0 Å². The number of amides is 1. The third-order valence-electron chi connectivity index (χ3n) is 4.90. The molecule has 0 heterocycles. The molecule has 0 spiro atoms. The molecule has 3 heteroatoms. The fourth-order valence-corrected chi connectivity index (χ4v) is 3.65. The maximum Gasteiger partial charge on any atom is 0.223 e. The Hall–Kier alpha value is -1.87. The first-order valence-electron chi connectivity index (χ1n) is 8.76. The van der Waals surface area contributed by atoms with Gasteiger partial charge in [-0.05, 0) is 42.1 Å². The number of carbonyl (C=O) groups is 1. The van der Waals surface area contributed by atoms with Crippen molar-refractivity contribution in [1.29, 1.82) is 0 Å². The minimum atomic E-state index is 0.260. The van der Waals surface area contributed by atoms with E-state index in [-0.39, 0.29) is 5.91 Å². The number of hydrogen-bond acceptors (Lipinski definition) is 2. The average molecular weight is 310 g/mol. The summed E-state index contributed by atoms with van der Waals surface area (Å²) in [6.07, 6.45) is 6.09. The summed E-state index contributed by atoms with van der Waals surface area (Å²) in [4.78, 5) is 14.8. The molecular weight excluding hydrogens is 284 g/mol. The molecule has 1 aliphatic carbocycles. The summed E-state index contributed by atoms with van der Waals surface area (Å²) >= 11 is 0. The second-order valence-corrected chi connectivity index (χ2v) is 6.49. The highest BCUT2D eigenvalue weighted by atomic mass is 16.2. The van der Waals surface area contributed by atoms with Crippen LogP contribution in [0.3, 0.4) is 0 Å². The van der Waals surface area contributed by atoms with Crippen molar-refractivity contribution in [3.63, 3.8) is 0 Å². The van der Waals surface area contributed by atoms with Crippen molar-refractivity contribution in [2.75, 3.05) is 6.54 Å². The van der Waals surface area contributed by atoms with Crippen LogP contribution in [-0.2, 0) is 11.3 Å².